The molecule has 0 aromatic carbocycles. The molecule has 0 spiro atoms. The number of carbonyl (C=O) groups excluding carboxylic acids is 2. The highest BCUT2D eigenvalue weighted by atomic mass is 32.1. The standard InChI is InChI=1S/C10H10N2O3S/c13-7-11-5-8(6-11)10(14)15-12-4-2-1-3-9(12)16/h1-4,7-8H,5-6H2. The van der Waals surface area contributed by atoms with Gasteiger partial charge in [0.05, 0.1) is 5.92 Å². The van der Waals surface area contributed by atoms with E-state index in [4.69, 9.17) is 17.1 Å². The summed E-state index contributed by atoms with van der Waals surface area (Å²) in [6, 6.07) is 5.16. The molecule has 1 aliphatic heterocycles. The predicted molar refractivity (Wildman–Crippen MR) is 58.0 cm³/mol. The van der Waals surface area contributed by atoms with E-state index in [-0.39, 0.29) is 11.9 Å². The number of carbonyl (C=O) groups is 2. The maximum Gasteiger partial charge on any atom is 0.339 e. The molecule has 5 nitrogen and oxygen atoms in total. The molecule has 16 heavy (non-hydrogen) atoms. The molecule has 0 bridgehead atoms. The molecule has 1 aliphatic rings. The first kappa shape index (κ1) is 10.8. The summed E-state index contributed by atoms with van der Waals surface area (Å²) in [7, 11) is 0. The fourth-order valence-corrected chi connectivity index (χ4v) is 1.58. The number of pyridine rings is 1. The topological polar surface area (TPSA) is 51.5 Å². The van der Waals surface area contributed by atoms with Crippen LogP contribution in [0.15, 0.2) is 24.4 Å². The lowest BCUT2D eigenvalue weighted by Gasteiger charge is -2.34. The van der Waals surface area contributed by atoms with Gasteiger partial charge in [-0.1, -0.05) is 18.3 Å². The highest BCUT2D eigenvalue weighted by Crippen LogP contribution is 2.13. The second kappa shape index (κ2) is 4.44. The first-order valence-electron chi connectivity index (χ1n) is 4.80. The Bertz CT molecular complexity index is 465. The number of hydrogen-bond donors (Lipinski definition) is 0. The third-order valence-corrected chi connectivity index (χ3v) is 2.69. The molecule has 6 heteroatoms. The molecule has 2 heterocycles. The largest absolute Gasteiger partial charge is 0.343 e. The van der Waals surface area contributed by atoms with Gasteiger partial charge in [-0.2, -0.15) is 4.73 Å². The van der Waals surface area contributed by atoms with Crippen LogP contribution in [0.2, 0.25) is 0 Å². The number of rotatable bonds is 3. The monoisotopic (exact) mass is 238 g/mol. The Labute approximate surface area is 97.2 Å². The second-order valence-electron chi connectivity index (χ2n) is 3.53. The fraction of sp³-hybridized carbons (Fsp3) is 0.300. The maximum absolute atomic E-state index is 11.6. The van der Waals surface area contributed by atoms with Crippen LogP contribution in [-0.4, -0.2) is 35.1 Å². The van der Waals surface area contributed by atoms with Gasteiger partial charge in [0.15, 0.2) is 0 Å². The average Bonchev–Trinajstić information content (AvgIpc) is 2.20. The Morgan fingerprint density at radius 1 is 1.50 bits per heavy atom. The number of hydrogen-bond acceptors (Lipinski definition) is 4. The highest BCUT2D eigenvalue weighted by Gasteiger charge is 2.33. The summed E-state index contributed by atoms with van der Waals surface area (Å²) >= 11 is 4.98. The minimum Gasteiger partial charge on any atom is -0.343 e. The smallest absolute Gasteiger partial charge is 0.339 e. The summed E-state index contributed by atoms with van der Waals surface area (Å²) in [5, 5.41) is 0. The molecule has 0 saturated carbocycles. The molecule has 1 aromatic heterocycles. The second-order valence-corrected chi connectivity index (χ2v) is 3.95. The Balaban J connectivity index is 1.96. The SMILES string of the molecule is O=CN1CC(C(=O)On2ccccc2=S)C1. The summed E-state index contributed by atoms with van der Waals surface area (Å²) < 4.78 is 1.68. The van der Waals surface area contributed by atoms with Crippen LogP contribution >= 0.6 is 12.2 Å². The molecule has 0 unspecified atom stereocenters. The van der Waals surface area contributed by atoms with Crippen molar-refractivity contribution in [3.8, 4) is 0 Å². The number of aromatic nitrogens is 1. The molecular weight excluding hydrogens is 228 g/mol. The fourth-order valence-electron chi connectivity index (χ4n) is 1.41. The van der Waals surface area contributed by atoms with E-state index in [1.54, 1.807) is 24.4 Å². The Hall–Kier alpha value is -1.69. The van der Waals surface area contributed by atoms with Gasteiger partial charge < -0.3 is 9.74 Å². The van der Waals surface area contributed by atoms with Crippen LogP contribution in [0, 0.1) is 10.6 Å². The van der Waals surface area contributed by atoms with Crippen molar-refractivity contribution in [2.75, 3.05) is 13.1 Å². The van der Waals surface area contributed by atoms with Crippen molar-refractivity contribution < 1.29 is 14.4 Å². The van der Waals surface area contributed by atoms with Crippen molar-refractivity contribution in [3.05, 3.63) is 29.0 Å². The van der Waals surface area contributed by atoms with E-state index in [0.717, 1.165) is 6.41 Å². The summed E-state index contributed by atoms with van der Waals surface area (Å²) in [6.07, 6.45) is 2.30. The Morgan fingerprint density at radius 2 is 2.25 bits per heavy atom. The van der Waals surface area contributed by atoms with Crippen LogP contribution in [0.25, 0.3) is 0 Å². The minimum absolute atomic E-state index is 0.243. The van der Waals surface area contributed by atoms with E-state index >= 15 is 0 Å². The van der Waals surface area contributed by atoms with Gasteiger partial charge in [0.1, 0.15) is 4.64 Å². The molecule has 1 fully saturated rings. The van der Waals surface area contributed by atoms with Gasteiger partial charge in [-0.3, -0.25) is 4.79 Å². The Kier molecular flexibility index (Phi) is 3.00. The summed E-state index contributed by atoms with van der Waals surface area (Å²) in [5.41, 5.74) is 0. The van der Waals surface area contributed by atoms with Gasteiger partial charge in [0.2, 0.25) is 6.41 Å². The van der Waals surface area contributed by atoms with Crippen molar-refractivity contribution in [1.82, 2.24) is 9.63 Å². The third-order valence-electron chi connectivity index (χ3n) is 2.37. The lowest BCUT2D eigenvalue weighted by molar-refractivity contribution is -0.156. The molecule has 1 amide bonds. The molecule has 84 valence electrons. The molecule has 1 aromatic rings. The van der Waals surface area contributed by atoms with Crippen molar-refractivity contribution in [2.45, 2.75) is 0 Å². The predicted octanol–water partition coefficient (Wildman–Crippen LogP) is 0.261. The van der Waals surface area contributed by atoms with Crippen LogP contribution in [-0.2, 0) is 9.59 Å². The number of likely N-dealkylation sites (tertiary alicyclic amines) is 1. The van der Waals surface area contributed by atoms with Crippen LogP contribution < -0.4 is 4.84 Å². The number of nitrogens with zero attached hydrogens (tertiary/aromatic N) is 2. The van der Waals surface area contributed by atoms with E-state index in [1.807, 2.05) is 0 Å². The van der Waals surface area contributed by atoms with E-state index < -0.39 is 0 Å². The van der Waals surface area contributed by atoms with E-state index in [1.165, 1.54) is 9.63 Å². The molecule has 1 saturated heterocycles. The minimum atomic E-state index is -0.361. The zero-order valence-corrected chi connectivity index (χ0v) is 9.22. The van der Waals surface area contributed by atoms with Crippen molar-refractivity contribution in [3.63, 3.8) is 0 Å². The first-order valence-corrected chi connectivity index (χ1v) is 5.21. The zero-order valence-electron chi connectivity index (χ0n) is 8.41. The van der Waals surface area contributed by atoms with Gasteiger partial charge in [-0.15, -0.1) is 0 Å². The lowest BCUT2D eigenvalue weighted by atomic mass is 10.0. The molecule has 2 rings (SSSR count). The van der Waals surface area contributed by atoms with Gasteiger partial charge in [0.25, 0.3) is 0 Å². The van der Waals surface area contributed by atoms with E-state index in [2.05, 4.69) is 0 Å². The summed E-state index contributed by atoms with van der Waals surface area (Å²) in [5.74, 6) is -0.604. The number of amides is 1. The first-order chi connectivity index (χ1) is 7.70. The van der Waals surface area contributed by atoms with Crippen LogP contribution in [0.4, 0.5) is 0 Å². The quantitative estimate of drug-likeness (QED) is 0.560. The normalized spacial score (nSPS) is 15.4. The average molecular weight is 238 g/mol. The zero-order chi connectivity index (χ0) is 11.5. The van der Waals surface area contributed by atoms with Gasteiger partial charge in [-0.05, 0) is 12.1 Å². The van der Waals surface area contributed by atoms with E-state index in [0.29, 0.717) is 17.7 Å². The summed E-state index contributed by atoms with van der Waals surface area (Å²) in [4.78, 5) is 28.5. The van der Waals surface area contributed by atoms with Gasteiger partial charge in [0, 0.05) is 19.3 Å². The third kappa shape index (κ3) is 2.11. The molecule has 0 N–H and O–H groups in total. The lowest BCUT2D eigenvalue weighted by Crippen LogP contribution is -2.51. The van der Waals surface area contributed by atoms with Crippen molar-refractivity contribution in [1.29, 1.82) is 0 Å². The van der Waals surface area contributed by atoms with Crippen LogP contribution in [0.3, 0.4) is 0 Å². The van der Waals surface area contributed by atoms with Crippen molar-refractivity contribution in [2.24, 2.45) is 5.92 Å². The highest BCUT2D eigenvalue weighted by molar-refractivity contribution is 7.71. The summed E-state index contributed by atoms with van der Waals surface area (Å²) in [6.45, 7) is 0.838. The van der Waals surface area contributed by atoms with Crippen LogP contribution in [0.5, 0.6) is 0 Å². The van der Waals surface area contributed by atoms with Gasteiger partial charge >= 0.3 is 5.97 Å². The molecular formula is C10H10N2O3S. The van der Waals surface area contributed by atoms with E-state index in [9.17, 15) is 9.59 Å². The molecule has 0 atom stereocenters. The van der Waals surface area contributed by atoms with Gasteiger partial charge in [-0.25, -0.2) is 4.79 Å². The van der Waals surface area contributed by atoms with Crippen molar-refractivity contribution >= 4 is 24.6 Å². The maximum atomic E-state index is 11.6. The molecule has 0 radical (unpaired) electrons. The molecule has 0 aliphatic carbocycles. The Morgan fingerprint density at radius 3 is 2.88 bits per heavy atom. The van der Waals surface area contributed by atoms with Crippen LogP contribution in [0.1, 0.15) is 0 Å².